The molecule has 0 fully saturated rings. The summed E-state index contributed by atoms with van der Waals surface area (Å²) in [6.07, 6.45) is 0. The molecule has 1 atom stereocenters. The maximum absolute atomic E-state index is 12.0. The molecule has 1 aromatic rings. The summed E-state index contributed by atoms with van der Waals surface area (Å²) in [5.41, 5.74) is 10.8. The zero-order chi connectivity index (χ0) is 12.9. The van der Waals surface area contributed by atoms with Gasteiger partial charge in [-0.25, -0.2) is 5.43 Å². The molecule has 0 aromatic heterocycles. The van der Waals surface area contributed by atoms with Gasteiger partial charge in [-0.05, 0) is 24.7 Å². The number of nitrogens with one attached hydrogen (secondary N) is 3. The molecular formula is C11H16N4OS. The predicted molar refractivity (Wildman–Crippen MR) is 70.9 cm³/mol. The number of benzene rings is 1. The molecule has 0 bridgehead atoms. The first-order valence-electron chi connectivity index (χ1n) is 5.11. The zero-order valence-electron chi connectivity index (χ0n) is 9.78. The number of hydrazine groups is 1. The summed E-state index contributed by atoms with van der Waals surface area (Å²) in [4.78, 5) is 12.0. The fraction of sp³-hybridized carbons (Fsp3) is 0.273. The second kappa shape index (κ2) is 5.72. The highest BCUT2D eigenvalue weighted by Crippen LogP contribution is 2.17. The van der Waals surface area contributed by atoms with Crippen LogP contribution in [-0.2, 0) is 10.3 Å². The van der Waals surface area contributed by atoms with E-state index in [-0.39, 0.29) is 11.0 Å². The molecule has 92 valence electrons. The van der Waals surface area contributed by atoms with Gasteiger partial charge >= 0.3 is 0 Å². The van der Waals surface area contributed by atoms with E-state index in [1.165, 1.54) is 0 Å². The first-order chi connectivity index (χ1) is 7.98. The molecule has 0 unspecified atom stereocenters. The van der Waals surface area contributed by atoms with Crippen LogP contribution in [0.15, 0.2) is 30.3 Å². The first kappa shape index (κ1) is 13.6. The van der Waals surface area contributed by atoms with Gasteiger partial charge in [-0.15, -0.1) is 0 Å². The summed E-state index contributed by atoms with van der Waals surface area (Å²) in [6, 6.07) is 9.13. The van der Waals surface area contributed by atoms with Crippen molar-refractivity contribution in [3.05, 3.63) is 35.9 Å². The number of carbonyl (C=O) groups is 1. The van der Waals surface area contributed by atoms with Gasteiger partial charge in [-0.3, -0.25) is 10.2 Å². The summed E-state index contributed by atoms with van der Waals surface area (Å²) in [6.45, 7) is 1.64. The Bertz CT molecular complexity index is 405. The van der Waals surface area contributed by atoms with Crippen LogP contribution in [0.25, 0.3) is 0 Å². The molecule has 0 aliphatic heterocycles. The third kappa shape index (κ3) is 3.48. The van der Waals surface area contributed by atoms with Crippen LogP contribution in [0.5, 0.6) is 0 Å². The Morgan fingerprint density at radius 1 is 1.35 bits per heavy atom. The van der Waals surface area contributed by atoms with Gasteiger partial charge in [0.15, 0.2) is 5.11 Å². The van der Waals surface area contributed by atoms with Crippen molar-refractivity contribution < 1.29 is 4.79 Å². The van der Waals surface area contributed by atoms with Gasteiger partial charge in [-0.1, -0.05) is 30.3 Å². The lowest BCUT2D eigenvalue weighted by Gasteiger charge is -2.24. The van der Waals surface area contributed by atoms with Crippen molar-refractivity contribution >= 4 is 23.2 Å². The van der Waals surface area contributed by atoms with Crippen LogP contribution in [-0.4, -0.2) is 18.1 Å². The molecule has 1 rings (SSSR count). The van der Waals surface area contributed by atoms with Crippen LogP contribution in [0.1, 0.15) is 12.5 Å². The standard InChI is InChI=1S/C11H16N4OS/c1-11(12,8-6-4-3-5-7-8)9(16)14-10(17)15-13-2/h3-7,13H,12H2,1-2H3,(H2,14,15,16,17)/t11-/m1/s1. The van der Waals surface area contributed by atoms with E-state index in [4.69, 9.17) is 18.0 Å². The van der Waals surface area contributed by atoms with E-state index < -0.39 is 5.54 Å². The van der Waals surface area contributed by atoms with Crippen LogP contribution in [0, 0.1) is 0 Å². The van der Waals surface area contributed by atoms with Gasteiger partial charge < -0.3 is 11.1 Å². The highest BCUT2D eigenvalue weighted by atomic mass is 32.1. The summed E-state index contributed by atoms with van der Waals surface area (Å²) in [5, 5.41) is 2.70. The quantitative estimate of drug-likeness (QED) is 0.449. The molecule has 0 radical (unpaired) electrons. The van der Waals surface area contributed by atoms with Crippen molar-refractivity contribution in [1.82, 2.24) is 16.2 Å². The predicted octanol–water partition coefficient (Wildman–Crippen LogP) is -0.0144. The van der Waals surface area contributed by atoms with E-state index in [0.717, 1.165) is 5.56 Å². The lowest BCUT2D eigenvalue weighted by atomic mass is 9.92. The molecule has 17 heavy (non-hydrogen) atoms. The molecule has 0 spiro atoms. The normalized spacial score (nSPS) is 13.6. The average Bonchev–Trinajstić information content (AvgIpc) is 2.30. The molecule has 1 amide bonds. The van der Waals surface area contributed by atoms with Gasteiger partial charge in [0, 0.05) is 7.05 Å². The second-order valence-electron chi connectivity index (χ2n) is 3.73. The third-order valence-electron chi connectivity index (χ3n) is 2.31. The van der Waals surface area contributed by atoms with Crippen molar-refractivity contribution in [1.29, 1.82) is 0 Å². The number of nitrogens with two attached hydrogens (primary N) is 1. The Labute approximate surface area is 106 Å². The Balaban J connectivity index is 2.77. The highest BCUT2D eigenvalue weighted by molar-refractivity contribution is 7.80. The maximum Gasteiger partial charge on any atom is 0.250 e. The summed E-state index contributed by atoms with van der Waals surface area (Å²) >= 11 is 4.89. The van der Waals surface area contributed by atoms with E-state index in [0.29, 0.717) is 0 Å². The molecular weight excluding hydrogens is 236 g/mol. The van der Waals surface area contributed by atoms with Crippen LogP contribution in [0.2, 0.25) is 0 Å². The number of hydrogen-bond donors (Lipinski definition) is 4. The fourth-order valence-corrected chi connectivity index (χ4v) is 1.49. The molecule has 0 aliphatic rings. The van der Waals surface area contributed by atoms with Crippen molar-refractivity contribution in [2.75, 3.05) is 7.05 Å². The van der Waals surface area contributed by atoms with Gasteiger partial charge in [0.25, 0.3) is 5.91 Å². The van der Waals surface area contributed by atoms with Crippen molar-refractivity contribution in [2.45, 2.75) is 12.5 Å². The lowest BCUT2D eigenvalue weighted by molar-refractivity contribution is -0.124. The van der Waals surface area contributed by atoms with Crippen molar-refractivity contribution in [2.24, 2.45) is 5.73 Å². The van der Waals surface area contributed by atoms with Crippen molar-refractivity contribution in [3.8, 4) is 0 Å². The Kier molecular flexibility index (Phi) is 4.56. The molecule has 5 nitrogen and oxygen atoms in total. The number of carbonyl (C=O) groups excluding carboxylic acids is 1. The Morgan fingerprint density at radius 3 is 2.47 bits per heavy atom. The molecule has 0 heterocycles. The smallest absolute Gasteiger partial charge is 0.250 e. The first-order valence-corrected chi connectivity index (χ1v) is 5.52. The van der Waals surface area contributed by atoms with E-state index in [2.05, 4.69) is 16.2 Å². The fourth-order valence-electron chi connectivity index (χ4n) is 1.29. The number of rotatable bonds is 3. The largest absolute Gasteiger partial charge is 0.314 e. The van der Waals surface area contributed by atoms with Crippen molar-refractivity contribution in [3.63, 3.8) is 0 Å². The van der Waals surface area contributed by atoms with Crippen LogP contribution in [0.4, 0.5) is 0 Å². The zero-order valence-corrected chi connectivity index (χ0v) is 10.6. The molecule has 0 saturated heterocycles. The number of hydrogen-bond acceptors (Lipinski definition) is 4. The Morgan fingerprint density at radius 2 is 1.94 bits per heavy atom. The van der Waals surface area contributed by atoms with Crippen LogP contribution >= 0.6 is 12.2 Å². The van der Waals surface area contributed by atoms with E-state index in [1.807, 2.05) is 18.2 Å². The molecule has 1 aromatic carbocycles. The Hall–Kier alpha value is -1.50. The molecule has 0 aliphatic carbocycles. The molecule has 0 saturated carbocycles. The number of amides is 1. The van der Waals surface area contributed by atoms with Gasteiger partial charge in [0.1, 0.15) is 5.54 Å². The highest BCUT2D eigenvalue weighted by Gasteiger charge is 2.30. The molecule has 6 heteroatoms. The van der Waals surface area contributed by atoms with Gasteiger partial charge in [0.05, 0.1) is 0 Å². The van der Waals surface area contributed by atoms with Crippen LogP contribution in [0.3, 0.4) is 0 Å². The average molecular weight is 252 g/mol. The van der Waals surface area contributed by atoms with E-state index in [1.54, 1.807) is 26.1 Å². The van der Waals surface area contributed by atoms with E-state index >= 15 is 0 Å². The summed E-state index contributed by atoms with van der Waals surface area (Å²) < 4.78 is 0. The lowest BCUT2D eigenvalue weighted by Crippen LogP contribution is -2.54. The van der Waals surface area contributed by atoms with Gasteiger partial charge in [-0.2, -0.15) is 0 Å². The monoisotopic (exact) mass is 252 g/mol. The summed E-state index contributed by atoms with van der Waals surface area (Å²) in [7, 11) is 1.65. The minimum absolute atomic E-state index is 0.185. The maximum atomic E-state index is 12.0. The minimum Gasteiger partial charge on any atom is -0.314 e. The topological polar surface area (TPSA) is 79.2 Å². The second-order valence-corrected chi connectivity index (χ2v) is 4.13. The SMILES string of the molecule is CNNC(=S)NC(=O)[C@](C)(N)c1ccccc1. The van der Waals surface area contributed by atoms with E-state index in [9.17, 15) is 4.79 Å². The van der Waals surface area contributed by atoms with Gasteiger partial charge in [0.2, 0.25) is 0 Å². The summed E-state index contributed by atoms with van der Waals surface area (Å²) in [5.74, 6) is -0.364. The third-order valence-corrected chi connectivity index (χ3v) is 2.51. The number of thiocarbonyl (C=S) groups is 1. The van der Waals surface area contributed by atoms with Crippen LogP contribution < -0.4 is 21.9 Å². The molecule has 5 N–H and O–H groups in total. The minimum atomic E-state index is -1.12.